The topological polar surface area (TPSA) is 54.0 Å². The second-order valence-electron chi connectivity index (χ2n) is 6.11. The van der Waals surface area contributed by atoms with Crippen molar-refractivity contribution in [2.45, 2.75) is 12.6 Å². The molecule has 2 aromatic heterocycles. The van der Waals surface area contributed by atoms with Crippen molar-refractivity contribution in [2.75, 3.05) is 19.8 Å². The van der Waals surface area contributed by atoms with Crippen LogP contribution in [-0.2, 0) is 11.3 Å². The Morgan fingerprint density at radius 3 is 3.04 bits per heavy atom. The molecule has 1 fully saturated rings. The van der Waals surface area contributed by atoms with Gasteiger partial charge in [-0.3, -0.25) is 9.88 Å². The predicted molar refractivity (Wildman–Crippen MR) is 97.2 cm³/mol. The summed E-state index contributed by atoms with van der Waals surface area (Å²) in [5.74, 6) is 0.915. The van der Waals surface area contributed by atoms with Gasteiger partial charge in [-0.2, -0.15) is 0 Å². The van der Waals surface area contributed by atoms with Crippen LogP contribution in [0.1, 0.15) is 17.4 Å². The van der Waals surface area contributed by atoms with Crippen molar-refractivity contribution >= 4 is 11.6 Å². The molecule has 25 heavy (non-hydrogen) atoms. The monoisotopic (exact) mass is 354 g/mol. The van der Waals surface area contributed by atoms with E-state index in [1.807, 2.05) is 42.7 Å². The number of morpholine rings is 1. The fourth-order valence-electron chi connectivity index (χ4n) is 3.11. The lowest BCUT2D eigenvalue weighted by Gasteiger charge is -2.34. The van der Waals surface area contributed by atoms with E-state index in [-0.39, 0.29) is 6.04 Å². The Bertz CT molecular complexity index is 836. The maximum Gasteiger partial charge on any atom is 0.126 e. The number of aromatic amines is 1. The van der Waals surface area contributed by atoms with Gasteiger partial charge in [-0.25, -0.2) is 4.98 Å². The zero-order valence-corrected chi connectivity index (χ0v) is 14.5. The summed E-state index contributed by atoms with van der Waals surface area (Å²) < 4.78 is 5.70. The number of hydrogen-bond donors (Lipinski definition) is 1. The van der Waals surface area contributed by atoms with Crippen molar-refractivity contribution in [3.05, 3.63) is 71.4 Å². The molecule has 1 atom stereocenters. The number of aromatic nitrogens is 3. The molecule has 6 heteroatoms. The number of ether oxygens (including phenoxy) is 1. The highest BCUT2D eigenvalue weighted by atomic mass is 35.5. The minimum Gasteiger partial charge on any atom is -0.378 e. The molecule has 0 radical (unpaired) electrons. The first kappa shape index (κ1) is 16.3. The SMILES string of the molecule is Clc1cccc(-c2cnc(C3COCCN3Cc3cccnc3)[nH]2)c1. The molecule has 1 unspecified atom stereocenters. The van der Waals surface area contributed by atoms with Crippen molar-refractivity contribution in [2.24, 2.45) is 0 Å². The van der Waals surface area contributed by atoms with Crippen LogP contribution in [0.4, 0.5) is 0 Å². The number of pyridine rings is 1. The Balaban J connectivity index is 1.57. The van der Waals surface area contributed by atoms with E-state index in [9.17, 15) is 0 Å². The number of hydrogen-bond acceptors (Lipinski definition) is 4. The number of halogens is 1. The molecule has 4 rings (SSSR count). The van der Waals surface area contributed by atoms with Gasteiger partial charge in [-0.1, -0.05) is 29.8 Å². The third-order valence-corrected chi connectivity index (χ3v) is 4.63. The summed E-state index contributed by atoms with van der Waals surface area (Å²) >= 11 is 6.10. The van der Waals surface area contributed by atoms with E-state index in [1.165, 1.54) is 5.56 Å². The smallest absolute Gasteiger partial charge is 0.126 e. The molecule has 5 nitrogen and oxygen atoms in total. The zero-order chi connectivity index (χ0) is 17.1. The average molecular weight is 355 g/mol. The Labute approximate surface area is 151 Å². The Hall–Kier alpha value is -2.21. The predicted octanol–water partition coefficient (Wildman–Crippen LogP) is 3.70. The zero-order valence-electron chi connectivity index (χ0n) is 13.7. The van der Waals surface area contributed by atoms with E-state index in [2.05, 4.69) is 25.9 Å². The fourth-order valence-corrected chi connectivity index (χ4v) is 3.30. The third-order valence-electron chi connectivity index (χ3n) is 4.39. The molecule has 3 heterocycles. The highest BCUT2D eigenvalue weighted by Gasteiger charge is 2.27. The molecule has 128 valence electrons. The molecular formula is C19H19ClN4O. The number of benzene rings is 1. The second-order valence-corrected chi connectivity index (χ2v) is 6.55. The van der Waals surface area contributed by atoms with Gasteiger partial charge in [-0.05, 0) is 23.8 Å². The molecule has 0 bridgehead atoms. The van der Waals surface area contributed by atoms with Gasteiger partial charge < -0.3 is 9.72 Å². The van der Waals surface area contributed by atoms with Crippen molar-refractivity contribution < 1.29 is 4.74 Å². The molecule has 1 aromatic carbocycles. The first-order chi connectivity index (χ1) is 12.3. The van der Waals surface area contributed by atoms with Crippen LogP contribution >= 0.6 is 11.6 Å². The van der Waals surface area contributed by atoms with Crippen LogP contribution in [0.3, 0.4) is 0 Å². The van der Waals surface area contributed by atoms with E-state index in [0.29, 0.717) is 11.6 Å². The molecule has 1 aliphatic rings. The van der Waals surface area contributed by atoms with Gasteiger partial charge in [0.15, 0.2) is 0 Å². The molecule has 0 saturated carbocycles. The Morgan fingerprint density at radius 1 is 1.24 bits per heavy atom. The van der Waals surface area contributed by atoms with Gasteiger partial charge in [0.2, 0.25) is 0 Å². The molecule has 0 amide bonds. The van der Waals surface area contributed by atoms with Gasteiger partial charge in [0.1, 0.15) is 5.82 Å². The van der Waals surface area contributed by atoms with Crippen LogP contribution in [0, 0.1) is 0 Å². The third kappa shape index (κ3) is 3.74. The van der Waals surface area contributed by atoms with Gasteiger partial charge in [0, 0.05) is 36.1 Å². The summed E-state index contributed by atoms with van der Waals surface area (Å²) in [5.41, 5.74) is 3.18. The van der Waals surface area contributed by atoms with Gasteiger partial charge in [-0.15, -0.1) is 0 Å². The maximum absolute atomic E-state index is 6.10. The molecule has 1 aliphatic heterocycles. The van der Waals surface area contributed by atoms with E-state index in [4.69, 9.17) is 16.3 Å². The van der Waals surface area contributed by atoms with E-state index in [0.717, 1.165) is 36.8 Å². The quantitative estimate of drug-likeness (QED) is 0.776. The van der Waals surface area contributed by atoms with Crippen molar-refractivity contribution in [1.82, 2.24) is 19.9 Å². The first-order valence-electron chi connectivity index (χ1n) is 8.31. The first-order valence-corrected chi connectivity index (χ1v) is 8.69. The highest BCUT2D eigenvalue weighted by Crippen LogP contribution is 2.27. The lowest BCUT2D eigenvalue weighted by molar-refractivity contribution is -0.0156. The second kappa shape index (κ2) is 7.35. The van der Waals surface area contributed by atoms with Crippen molar-refractivity contribution in [3.8, 4) is 11.3 Å². The summed E-state index contributed by atoms with van der Waals surface area (Å²) in [5, 5.41) is 0.716. The molecule has 1 N–H and O–H groups in total. The van der Waals surface area contributed by atoms with Crippen LogP contribution in [0.2, 0.25) is 5.02 Å². The number of nitrogens with one attached hydrogen (secondary N) is 1. The largest absolute Gasteiger partial charge is 0.378 e. The fraction of sp³-hybridized carbons (Fsp3) is 0.263. The van der Waals surface area contributed by atoms with Crippen molar-refractivity contribution in [1.29, 1.82) is 0 Å². The van der Waals surface area contributed by atoms with Crippen LogP contribution in [0.5, 0.6) is 0 Å². The summed E-state index contributed by atoms with van der Waals surface area (Å²) in [6.07, 6.45) is 5.56. The van der Waals surface area contributed by atoms with Crippen LogP contribution in [-0.4, -0.2) is 39.6 Å². The van der Waals surface area contributed by atoms with Gasteiger partial charge >= 0.3 is 0 Å². The standard InChI is InChI=1S/C19H19ClN4O/c20-16-5-1-4-15(9-16)17-11-22-19(23-17)18-13-25-8-7-24(18)12-14-3-2-6-21-10-14/h1-6,9-11,18H,7-8,12-13H2,(H,22,23). The van der Waals surface area contributed by atoms with E-state index in [1.54, 1.807) is 6.20 Å². The van der Waals surface area contributed by atoms with E-state index < -0.39 is 0 Å². The number of nitrogens with zero attached hydrogens (tertiary/aromatic N) is 3. The number of imidazole rings is 1. The van der Waals surface area contributed by atoms with Gasteiger partial charge in [0.05, 0.1) is 31.1 Å². The minimum atomic E-state index is 0.0990. The van der Waals surface area contributed by atoms with Crippen LogP contribution in [0.25, 0.3) is 11.3 Å². The lowest BCUT2D eigenvalue weighted by Crippen LogP contribution is -2.39. The molecule has 0 spiro atoms. The van der Waals surface area contributed by atoms with E-state index >= 15 is 0 Å². The normalized spacial score (nSPS) is 18.4. The molecule has 1 saturated heterocycles. The Kier molecular flexibility index (Phi) is 4.78. The lowest BCUT2D eigenvalue weighted by atomic mass is 10.1. The summed E-state index contributed by atoms with van der Waals surface area (Å²) in [6, 6.07) is 11.9. The Morgan fingerprint density at radius 2 is 2.20 bits per heavy atom. The highest BCUT2D eigenvalue weighted by molar-refractivity contribution is 6.30. The molecule has 0 aliphatic carbocycles. The van der Waals surface area contributed by atoms with Crippen molar-refractivity contribution in [3.63, 3.8) is 0 Å². The maximum atomic E-state index is 6.10. The number of rotatable bonds is 4. The van der Waals surface area contributed by atoms with Crippen LogP contribution in [0.15, 0.2) is 55.0 Å². The average Bonchev–Trinajstić information content (AvgIpc) is 3.13. The molecule has 3 aromatic rings. The van der Waals surface area contributed by atoms with Gasteiger partial charge in [0.25, 0.3) is 0 Å². The number of H-pyrrole nitrogens is 1. The summed E-state index contributed by atoms with van der Waals surface area (Å²) in [4.78, 5) is 14.6. The van der Waals surface area contributed by atoms with Crippen LogP contribution < -0.4 is 0 Å². The molecular weight excluding hydrogens is 336 g/mol. The minimum absolute atomic E-state index is 0.0990. The summed E-state index contributed by atoms with van der Waals surface area (Å²) in [6.45, 7) is 3.06. The summed E-state index contributed by atoms with van der Waals surface area (Å²) in [7, 11) is 0.